The fourth-order valence-corrected chi connectivity index (χ4v) is 3.53. The van der Waals surface area contributed by atoms with E-state index in [-0.39, 0.29) is 23.8 Å². The molecule has 3 rings (SSSR count). The zero-order valence-electron chi connectivity index (χ0n) is 10.1. The number of rotatable bonds is 2. The third-order valence-electron chi connectivity index (χ3n) is 4.57. The number of carbonyl (C=O) groups excluding carboxylic acids is 2. The van der Waals surface area contributed by atoms with E-state index in [1.54, 1.807) is 0 Å². The zero-order chi connectivity index (χ0) is 11.8. The van der Waals surface area contributed by atoms with E-state index in [1.165, 1.54) is 25.7 Å². The molecule has 0 aromatic heterocycles. The molecule has 0 radical (unpaired) electrons. The summed E-state index contributed by atoms with van der Waals surface area (Å²) in [4.78, 5) is 23.1. The van der Waals surface area contributed by atoms with E-state index in [0.29, 0.717) is 24.8 Å². The highest BCUT2D eigenvalue weighted by Crippen LogP contribution is 2.55. The minimum atomic E-state index is 0.107. The van der Waals surface area contributed by atoms with Gasteiger partial charge >= 0.3 is 0 Å². The summed E-state index contributed by atoms with van der Waals surface area (Å²) in [5, 5.41) is 5.91. The second kappa shape index (κ2) is 4.31. The lowest BCUT2D eigenvalue weighted by Crippen LogP contribution is -2.48. The van der Waals surface area contributed by atoms with Crippen LogP contribution in [-0.4, -0.2) is 24.4 Å². The quantitative estimate of drug-likeness (QED) is 0.745. The maximum atomic E-state index is 12.1. The van der Waals surface area contributed by atoms with E-state index in [9.17, 15) is 9.59 Å². The van der Waals surface area contributed by atoms with Gasteiger partial charge in [0.1, 0.15) is 0 Å². The van der Waals surface area contributed by atoms with Crippen LogP contribution < -0.4 is 10.6 Å². The molecule has 17 heavy (non-hydrogen) atoms. The van der Waals surface area contributed by atoms with Crippen LogP contribution in [0, 0.1) is 17.8 Å². The lowest BCUT2D eigenvalue weighted by molar-refractivity contribution is -0.126. The second-order valence-corrected chi connectivity index (χ2v) is 5.69. The summed E-state index contributed by atoms with van der Waals surface area (Å²) in [5.41, 5.74) is 0. The van der Waals surface area contributed by atoms with Gasteiger partial charge in [0.2, 0.25) is 11.8 Å². The van der Waals surface area contributed by atoms with Crippen molar-refractivity contribution in [3.63, 3.8) is 0 Å². The predicted molar refractivity (Wildman–Crippen MR) is 63.1 cm³/mol. The van der Waals surface area contributed by atoms with Gasteiger partial charge in [-0.15, -0.1) is 0 Å². The molecule has 2 aliphatic carbocycles. The smallest absolute Gasteiger partial charge is 0.223 e. The van der Waals surface area contributed by atoms with Gasteiger partial charge in [-0.1, -0.05) is 12.8 Å². The summed E-state index contributed by atoms with van der Waals surface area (Å²) in [6.45, 7) is 0.604. The van der Waals surface area contributed by atoms with E-state index in [2.05, 4.69) is 10.6 Å². The molecule has 0 aromatic rings. The van der Waals surface area contributed by atoms with E-state index in [1.807, 2.05) is 0 Å². The Morgan fingerprint density at radius 3 is 2.47 bits per heavy atom. The lowest BCUT2D eigenvalue weighted by atomic mass is 10.0. The molecule has 3 fully saturated rings. The highest BCUT2D eigenvalue weighted by Gasteiger charge is 2.54. The van der Waals surface area contributed by atoms with Gasteiger partial charge in [-0.25, -0.2) is 0 Å². The first-order chi connectivity index (χ1) is 8.25. The number of hydrogen-bond donors (Lipinski definition) is 2. The monoisotopic (exact) mass is 236 g/mol. The van der Waals surface area contributed by atoms with Crippen molar-refractivity contribution in [1.82, 2.24) is 10.6 Å². The standard InChI is InChI=1S/C13H20N2O2/c16-11-6-5-8(7-14-11)15-13(17)12-9-3-1-2-4-10(9)12/h8-10,12H,1-7H2,(H,14,16)(H,15,17). The minimum absolute atomic E-state index is 0.107. The van der Waals surface area contributed by atoms with Crippen molar-refractivity contribution in [2.45, 2.75) is 44.6 Å². The maximum absolute atomic E-state index is 12.1. The molecule has 2 amide bonds. The molecular weight excluding hydrogens is 216 g/mol. The summed E-state index contributed by atoms with van der Waals surface area (Å²) >= 11 is 0. The van der Waals surface area contributed by atoms with Gasteiger partial charge in [-0.3, -0.25) is 9.59 Å². The van der Waals surface area contributed by atoms with Crippen molar-refractivity contribution < 1.29 is 9.59 Å². The first-order valence-corrected chi connectivity index (χ1v) is 6.83. The Labute approximate surface area is 102 Å². The molecule has 4 nitrogen and oxygen atoms in total. The molecule has 2 N–H and O–H groups in total. The fourth-order valence-electron chi connectivity index (χ4n) is 3.53. The average molecular weight is 236 g/mol. The van der Waals surface area contributed by atoms with Gasteiger partial charge in [-0.05, 0) is 31.1 Å². The van der Waals surface area contributed by atoms with Gasteiger partial charge in [0.05, 0.1) is 0 Å². The van der Waals surface area contributed by atoms with E-state index in [0.717, 1.165) is 6.42 Å². The van der Waals surface area contributed by atoms with Crippen LogP contribution in [0.4, 0.5) is 0 Å². The zero-order valence-corrected chi connectivity index (χ0v) is 10.1. The number of piperidine rings is 1. The molecule has 4 heteroatoms. The molecule has 0 aromatic carbocycles. The van der Waals surface area contributed by atoms with Gasteiger partial charge in [0.25, 0.3) is 0 Å². The minimum Gasteiger partial charge on any atom is -0.354 e. The van der Waals surface area contributed by atoms with Crippen molar-refractivity contribution in [3.05, 3.63) is 0 Å². The van der Waals surface area contributed by atoms with Crippen molar-refractivity contribution in [2.24, 2.45) is 17.8 Å². The van der Waals surface area contributed by atoms with Crippen molar-refractivity contribution in [3.8, 4) is 0 Å². The SMILES string of the molecule is O=C1CCC(NC(=O)C2C3CCCCC32)CN1. The number of fused-ring (bicyclic) bond motifs is 1. The molecule has 2 saturated carbocycles. The third kappa shape index (κ3) is 2.17. The molecule has 3 unspecified atom stereocenters. The fraction of sp³-hybridized carbons (Fsp3) is 0.846. The Balaban J connectivity index is 1.49. The molecule has 3 atom stereocenters. The Kier molecular flexibility index (Phi) is 2.81. The largest absolute Gasteiger partial charge is 0.354 e. The van der Waals surface area contributed by atoms with Gasteiger partial charge in [-0.2, -0.15) is 0 Å². The first-order valence-electron chi connectivity index (χ1n) is 6.83. The molecule has 94 valence electrons. The molecule has 3 aliphatic rings. The number of carbonyl (C=O) groups is 2. The third-order valence-corrected chi connectivity index (χ3v) is 4.57. The highest BCUT2D eigenvalue weighted by atomic mass is 16.2. The van der Waals surface area contributed by atoms with Crippen molar-refractivity contribution >= 4 is 11.8 Å². The van der Waals surface area contributed by atoms with Crippen LogP contribution in [0.15, 0.2) is 0 Å². The summed E-state index contributed by atoms with van der Waals surface area (Å²) in [6, 6.07) is 0.155. The van der Waals surface area contributed by atoms with Crippen LogP contribution in [0.3, 0.4) is 0 Å². The molecule has 0 bridgehead atoms. The van der Waals surface area contributed by atoms with Gasteiger partial charge in [0.15, 0.2) is 0 Å². The Hall–Kier alpha value is -1.06. The molecular formula is C13H20N2O2. The first kappa shape index (κ1) is 11.1. The van der Waals surface area contributed by atoms with Gasteiger partial charge < -0.3 is 10.6 Å². The van der Waals surface area contributed by atoms with Crippen LogP contribution in [0.1, 0.15) is 38.5 Å². The van der Waals surface area contributed by atoms with Crippen molar-refractivity contribution in [2.75, 3.05) is 6.54 Å². The Bertz CT molecular complexity index is 320. The maximum Gasteiger partial charge on any atom is 0.223 e. The van der Waals surface area contributed by atoms with Crippen LogP contribution in [0.2, 0.25) is 0 Å². The van der Waals surface area contributed by atoms with Crippen LogP contribution in [0.5, 0.6) is 0 Å². The lowest BCUT2D eigenvalue weighted by Gasteiger charge is -2.23. The van der Waals surface area contributed by atoms with Crippen LogP contribution in [-0.2, 0) is 9.59 Å². The van der Waals surface area contributed by atoms with E-state index < -0.39 is 0 Å². The second-order valence-electron chi connectivity index (χ2n) is 5.69. The molecule has 1 heterocycles. The van der Waals surface area contributed by atoms with E-state index >= 15 is 0 Å². The number of amides is 2. The highest BCUT2D eigenvalue weighted by molar-refractivity contribution is 5.83. The normalized spacial score (nSPS) is 40.1. The summed E-state index contributed by atoms with van der Waals surface area (Å²) in [5.74, 6) is 1.97. The topological polar surface area (TPSA) is 58.2 Å². The molecule has 0 spiro atoms. The Morgan fingerprint density at radius 1 is 1.18 bits per heavy atom. The van der Waals surface area contributed by atoms with Crippen molar-refractivity contribution in [1.29, 1.82) is 0 Å². The summed E-state index contributed by atoms with van der Waals surface area (Å²) in [6.07, 6.45) is 6.41. The Morgan fingerprint density at radius 2 is 1.88 bits per heavy atom. The van der Waals surface area contributed by atoms with Gasteiger partial charge in [0, 0.05) is 24.9 Å². The number of nitrogens with one attached hydrogen (secondary N) is 2. The molecule has 1 aliphatic heterocycles. The van der Waals surface area contributed by atoms with E-state index in [4.69, 9.17) is 0 Å². The average Bonchev–Trinajstić information content (AvgIpc) is 3.06. The summed E-state index contributed by atoms with van der Waals surface area (Å²) < 4.78 is 0. The predicted octanol–water partition coefficient (Wildman–Crippen LogP) is 0.817. The number of hydrogen-bond acceptors (Lipinski definition) is 2. The van der Waals surface area contributed by atoms with Crippen LogP contribution >= 0.6 is 0 Å². The van der Waals surface area contributed by atoms with Crippen LogP contribution in [0.25, 0.3) is 0 Å². The summed E-state index contributed by atoms with van der Waals surface area (Å²) in [7, 11) is 0. The molecule has 1 saturated heterocycles.